The van der Waals surface area contributed by atoms with Gasteiger partial charge in [0.05, 0.1) is 19.8 Å². The summed E-state index contributed by atoms with van der Waals surface area (Å²) >= 11 is 0. The Bertz CT molecular complexity index is 807. The number of rotatable bonds is 5. The molecule has 4 heterocycles. The van der Waals surface area contributed by atoms with Gasteiger partial charge in [0.1, 0.15) is 18.3 Å². The van der Waals surface area contributed by atoms with Gasteiger partial charge < -0.3 is 20.1 Å². The summed E-state index contributed by atoms with van der Waals surface area (Å²) in [5, 5.41) is 11.1. The van der Waals surface area contributed by atoms with Crippen molar-refractivity contribution in [2.75, 3.05) is 20.3 Å². The first-order valence-corrected chi connectivity index (χ1v) is 9.83. The van der Waals surface area contributed by atoms with Gasteiger partial charge in [-0.05, 0) is 18.1 Å². The first-order chi connectivity index (χ1) is 13.8. The van der Waals surface area contributed by atoms with Gasteiger partial charge in [0, 0.05) is 51.2 Å². The normalized spacial score (nSPS) is 19.8. The molecule has 29 heavy (non-hydrogen) atoms. The van der Waals surface area contributed by atoms with E-state index in [9.17, 15) is 0 Å². The fourth-order valence-electron chi connectivity index (χ4n) is 3.52. The van der Waals surface area contributed by atoms with Gasteiger partial charge in [-0.2, -0.15) is 5.10 Å². The second kappa shape index (κ2) is 10.7. The first-order valence-electron chi connectivity index (χ1n) is 9.83. The number of ether oxygens (including phenoxy) is 2. The maximum absolute atomic E-state index is 6.00. The number of nitrogens with one attached hydrogen (secondary N) is 2. The summed E-state index contributed by atoms with van der Waals surface area (Å²) in [5.41, 5.74) is 1.10. The van der Waals surface area contributed by atoms with Crippen molar-refractivity contribution in [2.24, 2.45) is 4.99 Å². The Balaban J connectivity index is 0.00000240. The maximum atomic E-state index is 6.00. The van der Waals surface area contributed by atoms with E-state index in [1.54, 1.807) is 19.6 Å². The van der Waals surface area contributed by atoms with E-state index in [1.807, 2.05) is 16.8 Å². The van der Waals surface area contributed by atoms with E-state index < -0.39 is 0 Å². The summed E-state index contributed by atoms with van der Waals surface area (Å²) in [6.45, 7) is 2.96. The molecular formula is C19H28IN7O2. The lowest BCUT2D eigenvalue weighted by Crippen LogP contribution is -2.46. The van der Waals surface area contributed by atoms with Gasteiger partial charge in [0.15, 0.2) is 5.96 Å². The van der Waals surface area contributed by atoms with Crippen LogP contribution < -0.4 is 15.4 Å². The Hall–Kier alpha value is -1.95. The van der Waals surface area contributed by atoms with Gasteiger partial charge in [0.25, 0.3) is 0 Å². The molecule has 2 N–H and O–H groups in total. The number of hydrogen-bond acceptors (Lipinski definition) is 6. The third-order valence-corrected chi connectivity index (χ3v) is 5.08. The molecule has 2 aliphatic heterocycles. The Labute approximate surface area is 187 Å². The lowest BCUT2D eigenvalue weighted by Gasteiger charge is -2.25. The quantitative estimate of drug-likeness (QED) is 0.356. The van der Waals surface area contributed by atoms with Crippen molar-refractivity contribution >= 4 is 29.9 Å². The second-order valence-corrected chi connectivity index (χ2v) is 7.10. The van der Waals surface area contributed by atoms with Gasteiger partial charge in [0.2, 0.25) is 5.88 Å². The van der Waals surface area contributed by atoms with E-state index in [4.69, 9.17) is 9.47 Å². The average molecular weight is 513 g/mol. The topological polar surface area (TPSA) is 98.5 Å². The van der Waals surface area contributed by atoms with Crippen LogP contribution in [0.5, 0.6) is 5.88 Å². The van der Waals surface area contributed by atoms with Crippen molar-refractivity contribution in [3.05, 3.63) is 36.0 Å². The molecule has 0 bridgehead atoms. The lowest BCUT2D eigenvalue weighted by molar-refractivity contribution is 0.0237. The van der Waals surface area contributed by atoms with E-state index in [2.05, 4.69) is 30.7 Å². The Morgan fingerprint density at radius 2 is 2.17 bits per heavy atom. The third-order valence-electron chi connectivity index (χ3n) is 5.08. The van der Waals surface area contributed by atoms with Crippen molar-refractivity contribution in [3.8, 4) is 5.88 Å². The smallest absolute Gasteiger partial charge is 0.213 e. The van der Waals surface area contributed by atoms with Crippen LogP contribution in [-0.2, 0) is 24.2 Å². The molecular weight excluding hydrogens is 485 g/mol. The largest absolute Gasteiger partial charge is 0.474 e. The van der Waals surface area contributed by atoms with Gasteiger partial charge in [-0.1, -0.05) is 0 Å². The molecule has 1 saturated heterocycles. The molecule has 10 heteroatoms. The molecule has 0 radical (unpaired) electrons. The van der Waals surface area contributed by atoms with Gasteiger partial charge in [-0.15, -0.1) is 24.0 Å². The van der Waals surface area contributed by atoms with Crippen LogP contribution in [0.4, 0.5) is 0 Å². The molecule has 0 saturated carbocycles. The molecule has 0 aromatic carbocycles. The van der Waals surface area contributed by atoms with E-state index in [1.165, 1.54) is 0 Å². The number of guanidine groups is 1. The zero-order valence-corrected chi connectivity index (χ0v) is 18.9. The molecule has 4 rings (SSSR count). The van der Waals surface area contributed by atoms with E-state index >= 15 is 0 Å². The maximum Gasteiger partial charge on any atom is 0.213 e. The SMILES string of the molecule is CN=C(NCc1ccnc(OC2CCOCC2)c1)NC1CCc2ncnn2C1.I. The molecule has 2 aliphatic rings. The van der Waals surface area contributed by atoms with Crippen LogP contribution in [0.1, 0.15) is 30.7 Å². The summed E-state index contributed by atoms with van der Waals surface area (Å²) in [7, 11) is 1.78. The summed E-state index contributed by atoms with van der Waals surface area (Å²) in [4.78, 5) is 13.0. The summed E-state index contributed by atoms with van der Waals surface area (Å²) in [6.07, 6.45) is 7.35. The van der Waals surface area contributed by atoms with E-state index in [-0.39, 0.29) is 36.1 Å². The number of aromatic nitrogens is 4. The Kier molecular flexibility index (Phi) is 8.04. The minimum atomic E-state index is 0. The number of hydrogen-bond donors (Lipinski definition) is 2. The van der Waals surface area contributed by atoms with Crippen LogP contribution in [-0.4, -0.2) is 58.1 Å². The van der Waals surface area contributed by atoms with Crippen LogP contribution in [0, 0.1) is 0 Å². The van der Waals surface area contributed by atoms with Gasteiger partial charge in [-0.25, -0.2) is 14.6 Å². The minimum Gasteiger partial charge on any atom is -0.474 e. The first kappa shape index (κ1) is 21.8. The molecule has 1 unspecified atom stereocenters. The highest BCUT2D eigenvalue weighted by molar-refractivity contribution is 14.0. The number of aryl methyl sites for hydroxylation is 1. The highest BCUT2D eigenvalue weighted by atomic mass is 127. The fraction of sp³-hybridized carbons (Fsp3) is 0.579. The van der Waals surface area contributed by atoms with Crippen LogP contribution in [0.15, 0.2) is 29.6 Å². The van der Waals surface area contributed by atoms with Crippen molar-refractivity contribution in [3.63, 3.8) is 0 Å². The molecule has 0 aliphatic carbocycles. The van der Waals surface area contributed by atoms with Crippen molar-refractivity contribution < 1.29 is 9.47 Å². The molecule has 1 atom stereocenters. The Morgan fingerprint density at radius 1 is 1.31 bits per heavy atom. The number of nitrogens with zero attached hydrogens (tertiary/aromatic N) is 5. The zero-order chi connectivity index (χ0) is 19.2. The molecule has 2 aromatic rings. The number of aliphatic imine (C=N–C) groups is 1. The number of fused-ring (bicyclic) bond motifs is 1. The average Bonchev–Trinajstić information content (AvgIpc) is 3.20. The molecule has 1 fully saturated rings. The third kappa shape index (κ3) is 6.01. The molecule has 0 spiro atoms. The zero-order valence-electron chi connectivity index (χ0n) is 16.6. The summed E-state index contributed by atoms with van der Waals surface area (Å²) < 4.78 is 13.3. The van der Waals surface area contributed by atoms with E-state index in [0.29, 0.717) is 12.4 Å². The van der Waals surface area contributed by atoms with Crippen LogP contribution in [0.2, 0.25) is 0 Å². The highest BCUT2D eigenvalue weighted by Gasteiger charge is 2.20. The van der Waals surface area contributed by atoms with Crippen LogP contribution >= 0.6 is 24.0 Å². The number of halogens is 1. The van der Waals surface area contributed by atoms with Gasteiger partial charge in [-0.3, -0.25) is 4.99 Å². The standard InChI is InChI=1S/C19H27N7O2.HI/c1-20-19(25-15-2-3-17-23-13-24-26(17)12-15)22-11-14-4-7-21-18(10-14)28-16-5-8-27-9-6-16;/h4,7,10,13,15-16H,2-3,5-6,8-9,11-12H2,1H3,(H2,20,22,25);1H. The lowest BCUT2D eigenvalue weighted by atomic mass is 10.1. The molecule has 2 aromatic heterocycles. The van der Waals surface area contributed by atoms with Crippen LogP contribution in [0.3, 0.4) is 0 Å². The predicted molar refractivity (Wildman–Crippen MR) is 120 cm³/mol. The number of pyridine rings is 1. The highest BCUT2D eigenvalue weighted by Crippen LogP contribution is 2.17. The van der Waals surface area contributed by atoms with Gasteiger partial charge >= 0.3 is 0 Å². The Morgan fingerprint density at radius 3 is 3.00 bits per heavy atom. The van der Waals surface area contributed by atoms with E-state index in [0.717, 1.165) is 62.8 Å². The minimum absolute atomic E-state index is 0. The predicted octanol–water partition coefficient (Wildman–Crippen LogP) is 1.53. The van der Waals surface area contributed by atoms with Crippen molar-refractivity contribution in [1.82, 2.24) is 30.4 Å². The molecule has 9 nitrogen and oxygen atoms in total. The fourth-order valence-corrected chi connectivity index (χ4v) is 3.52. The monoisotopic (exact) mass is 513 g/mol. The molecule has 0 amide bonds. The summed E-state index contributed by atoms with van der Waals surface area (Å²) in [5.74, 6) is 2.49. The molecule has 158 valence electrons. The van der Waals surface area contributed by atoms with Crippen LogP contribution in [0.25, 0.3) is 0 Å². The van der Waals surface area contributed by atoms with Crippen molar-refractivity contribution in [2.45, 2.75) is 50.9 Å². The summed E-state index contributed by atoms with van der Waals surface area (Å²) in [6, 6.07) is 4.25. The van der Waals surface area contributed by atoms with Crippen molar-refractivity contribution in [1.29, 1.82) is 0 Å². The second-order valence-electron chi connectivity index (χ2n) is 7.10.